The molecule has 5 rings (SSSR count). The number of nitrogens with two attached hydrogens (primary N) is 1. The average Bonchev–Trinajstić information content (AvgIpc) is 3.45. The van der Waals surface area contributed by atoms with Crippen LogP contribution in [0.2, 0.25) is 0 Å². The minimum atomic E-state index is -4.25. The molecule has 2 aromatic heterocycles. The number of sulfonamides is 1. The molecule has 0 aliphatic heterocycles. The Hall–Kier alpha value is -3.92. The number of carboxylic acid groups (broad SMARTS) is 1. The number of aromatic nitrogens is 3. The summed E-state index contributed by atoms with van der Waals surface area (Å²) in [4.78, 5) is 15.2. The lowest BCUT2D eigenvalue weighted by atomic mass is 9.95. The fourth-order valence-electron chi connectivity index (χ4n) is 4.44. The molecular weight excluding hydrogens is 582 g/mol. The number of thiazole rings is 1. The van der Waals surface area contributed by atoms with Gasteiger partial charge in [-0.25, -0.2) is 36.8 Å². The number of rotatable bonds is 8. The number of aromatic carboxylic acids is 1. The number of primary sulfonamides is 1. The van der Waals surface area contributed by atoms with Gasteiger partial charge in [0.25, 0.3) is 0 Å². The van der Waals surface area contributed by atoms with Gasteiger partial charge < -0.3 is 5.11 Å². The van der Waals surface area contributed by atoms with Crippen LogP contribution in [-0.2, 0) is 22.9 Å². The highest BCUT2D eigenvalue weighted by Crippen LogP contribution is 2.38. The third-order valence-electron chi connectivity index (χ3n) is 6.66. The second-order valence-corrected chi connectivity index (χ2v) is 13.7. The van der Waals surface area contributed by atoms with Crippen LogP contribution in [0.4, 0.5) is 8.78 Å². The summed E-state index contributed by atoms with van der Waals surface area (Å²) in [5, 5.41) is 21.2. The summed E-state index contributed by atoms with van der Waals surface area (Å²) < 4.78 is 54.8. The minimum absolute atomic E-state index is 0.117. The van der Waals surface area contributed by atoms with Crippen molar-refractivity contribution in [3.8, 4) is 28.2 Å². The van der Waals surface area contributed by atoms with Gasteiger partial charge in [-0.2, -0.15) is 5.10 Å². The van der Waals surface area contributed by atoms with Crippen molar-refractivity contribution < 1.29 is 27.1 Å². The molecule has 218 valence electrons. The maximum absolute atomic E-state index is 14.8. The van der Waals surface area contributed by atoms with Gasteiger partial charge in [0.2, 0.25) is 15.2 Å². The molecule has 0 bridgehead atoms. The van der Waals surface area contributed by atoms with Crippen LogP contribution in [0.5, 0.6) is 0 Å². The van der Waals surface area contributed by atoms with Crippen molar-refractivity contribution >= 4 is 27.3 Å². The zero-order valence-electron chi connectivity index (χ0n) is 23.1. The summed E-state index contributed by atoms with van der Waals surface area (Å²) in [5.41, 5.74) is 2.71. The topological polar surface area (TPSA) is 128 Å². The third kappa shape index (κ3) is 6.59. The lowest BCUT2D eigenvalue weighted by molar-refractivity contribution is 0.0691. The van der Waals surface area contributed by atoms with Gasteiger partial charge >= 0.3 is 5.97 Å². The lowest BCUT2D eigenvalue weighted by Crippen LogP contribution is -2.14. The van der Waals surface area contributed by atoms with E-state index in [1.54, 1.807) is 16.8 Å². The highest BCUT2D eigenvalue weighted by molar-refractivity contribution is 7.89. The Labute approximate surface area is 246 Å². The second kappa shape index (κ2) is 11.1. The minimum Gasteiger partial charge on any atom is -0.476 e. The molecule has 2 aromatic carbocycles. The van der Waals surface area contributed by atoms with E-state index in [1.807, 2.05) is 20.8 Å². The molecular formula is C30H28F2N4O4S2. The number of hydrogen-bond donors (Lipinski definition) is 2. The standard InChI is InChI=1S/C30H28F2N4O4S2/c1-30(2,3)11-10-19-15-20(7-8-22(19)31)27-21(12-18-6-9-26(23(32)13-18)42(33,39)40)25(14-17-4-5-17)36(35-27)29-34-24(16-41-29)28(37)38/h6-9,13,15-17H,4-5,12,14H2,1-3H3,(H,37,38)(H2,33,39,40). The monoisotopic (exact) mass is 610 g/mol. The Morgan fingerprint density at radius 3 is 2.50 bits per heavy atom. The maximum Gasteiger partial charge on any atom is 0.355 e. The van der Waals surface area contributed by atoms with E-state index in [-0.39, 0.29) is 23.1 Å². The molecule has 0 spiro atoms. The quantitative estimate of drug-likeness (QED) is 0.252. The molecule has 4 aromatic rings. The number of benzene rings is 2. The zero-order valence-corrected chi connectivity index (χ0v) is 24.7. The van der Waals surface area contributed by atoms with E-state index in [9.17, 15) is 27.1 Å². The molecule has 12 heteroatoms. The molecule has 42 heavy (non-hydrogen) atoms. The van der Waals surface area contributed by atoms with Crippen molar-refractivity contribution in [2.45, 2.75) is 51.3 Å². The van der Waals surface area contributed by atoms with Gasteiger partial charge in [-0.05, 0) is 81.8 Å². The molecule has 2 heterocycles. The van der Waals surface area contributed by atoms with Crippen molar-refractivity contribution in [2.24, 2.45) is 16.5 Å². The van der Waals surface area contributed by atoms with E-state index in [1.165, 1.54) is 17.5 Å². The summed E-state index contributed by atoms with van der Waals surface area (Å²) in [5.74, 6) is 3.72. The van der Waals surface area contributed by atoms with Crippen LogP contribution >= 0.6 is 11.3 Å². The van der Waals surface area contributed by atoms with E-state index >= 15 is 0 Å². The van der Waals surface area contributed by atoms with E-state index in [0.29, 0.717) is 39.9 Å². The van der Waals surface area contributed by atoms with Crippen molar-refractivity contribution in [3.05, 3.63) is 81.5 Å². The zero-order chi connectivity index (χ0) is 30.4. The van der Waals surface area contributed by atoms with Crippen molar-refractivity contribution in [2.75, 3.05) is 0 Å². The van der Waals surface area contributed by atoms with Crippen molar-refractivity contribution in [1.82, 2.24) is 14.8 Å². The summed E-state index contributed by atoms with van der Waals surface area (Å²) in [7, 11) is -4.25. The Morgan fingerprint density at radius 2 is 1.90 bits per heavy atom. The van der Waals surface area contributed by atoms with Crippen LogP contribution in [0.1, 0.15) is 66.5 Å². The normalized spacial score (nSPS) is 13.6. The van der Waals surface area contributed by atoms with Crippen LogP contribution in [0, 0.1) is 34.8 Å². The van der Waals surface area contributed by atoms with Gasteiger partial charge in [0.1, 0.15) is 16.5 Å². The van der Waals surface area contributed by atoms with Crippen LogP contribution in [-0.4, -0.2) is 34.3 Å². The smallest absolute Gasteiger partial charge is 0.355 e. The van der Waals surface area contributed by atoms with Gasteiger partial charge in [0.15, 0.2) is 5.69 Å². The van der Waals surface area contributed by atoms with Crippen LogP contribution in [0.3, 0.4) is 0 Å². The van der Waals surface area contributed by atoms with E-state index < -0.39 is 32.5 Å². The SMILES string of the molecule is CC(C)(C)C#Cc1cc(-c2nn(-c3nc(C(=O)O)cs3)c(CC3CC3)c2Cc2ccc(S(N)(=O)=O)c(F)c2)ccc1F. The Morgan fingerprint density at radius 1 is 1.17 bits per heavy atom. The molecule has 0 atom stereocenters. The molecule has 0 radical (unpaired) electrons. The van der Waals surface area contributed by atoms with Crippen LogP contribution in [0.15, 0.2) is 46.7 Å². The number of nitrogens with zero attached hydrogens (tertiary/aromatic N) is 3. The van der Waals surface area contributed by atoms with Gasteiger partial charge in [-0.15, -0.1) is 11.3 Å². The molecule has 8 nitrogen and oxygen atoms in total. The number of halogens is 2. The first-order chi connectivity index (χ1) is 19.7. The summed E-state index contributed by atoms with van der Waals surface area (Å²) in [6.07, 6.45) is 2.80. The number of hydrogen-bond acceptors (Lipinski definition) is 6. The molecule has 3 N–H and O–H groups in total. The first-order valence-electron chi connectivity index (χ1n) is 13.1. The number of carboxylic acids is 1. The lowest BCUT2D eigenvalue weighted by Gasteiger charge is -2.10. The summed E-state index contributed by atoms with van der Waals surface area (Å²) in [6, 6.07) is 8.26. The first kappa shape index (κ1) is 29.6. The third-order valence-corrected chi connectivity index (χ3v) is 8.42. The van der Waals surface area contributed by atoms with Crippen LogP contribution < -0.4 is 5.14 Å². The molecule has 1 fully saturated rings. The maximum atomic E-state index is 14.8. The van der Waals surface area contributed by atoms with Gasteiger partial charge in [0, 0.05) is 28.3 Å². The predicted octanol–water partition coefficient (Wildman–Crippen LogP) is 5.56. The molecule has 1 saturated carbocycles. The van der Waals surface area contributed by atoms with Gasteiger partial charge in [0.05, 0.1) is 17.0 Å². The fourth-order valence-corrected chi connectivity index (χ4v) is 5.80. The predicted molar refractivity (Wildman–Crippen MR) is 155 cm³/mol. The Bertz CT molecular complexity index is 1870. The summed E-state index contributed by atoms with van der Waals surface area (Å²) in [6.45, 7) is 5.77. The van der Waals surface area contributed by atoms with E-state index in [0.717, 1.165) is 42.0 Å². The largest absolute Gasteiger partial charge is 0.476 e. The fraction of sp³-hybridized carbons (Fsp3) is 0.300. The molecule has 1 aliphatic rings. The Balaban J connectivity index is 1.70. The van der Waals surface area contributed by atoms with E-state index in [4.69, 9.17) is 10.2 Å². The van der Waals surface area contributed by atoms with Gasteiger partial charge in [-0.3, -0.25) is 0 Å². The molecule has 1 aliphatic carbocycles. The van der Waals surface area contributed by atoms with Crippen molar-refractivity contribution in [1.29, 1.82) is 0 Å². The highest BCUT2D eigenvalue weighted by Gasteiger charge is 2.30. The van der Waals surface area contributed by atoms with Crippen LogP contribution in [0.25, 0.3) is 16.4 Å². The molecule has 0 amide bonds. The second-order valence-electron chi connectivity index (χ2n) is 11.3. The molecule has 0 saturated heterocycles. The van der Waals surface area contributed by atoms with Crippen molar-refractivity contribution in [3.63, 3.8) is 0 Å². The van der Waals surface area contributed by atoms with Gasteiger partial charge in [-0.1, -0.05) is 17.9 Å². The highest BCUT2D eigenvalue weighted by atomic mass is 32.2. The number of carbonyl (C=O) groups is 1. The summed E-state index contributed by atoms with van der Waals surface area (Å²) >= 11 is 1.13. The average molecular weight is 611 g/mol. The molecule has 0 unspecified atom stereocenters. The Kier molecular flexibility index (Phi) is 7.78. The van der Waals surface area contributed by atoms with E-state index in [2.05, 4.69) is 16.8 Å². The first-order valence-corrected chi connectivity index (χ1v) is 15.6.